The SMILES string of the molecule is CCCCC(CC)CC(CC(CC)CCCC)=C(C)C(=O)[O-]. The summed E-state index contributed by atoms with van der Waals surface area (Å²) in [6, 6.07) is 0. The van der Waals surface area contributed by atoms with Crippen LogP contribution in [0.4, 0.5) is 0 Å². The molecule has 0 heterocycles. The van der Waals surface area contributed by atoms with E-state index in [1.165, 1.54) is 38.5 Å². The van der Waals surface area contributed by atoms with Crippen molar-refractivity contribution in [2.75, 3.05) is 0 Å². The molecule has 130 valence electrons. The van der Waals surface area contributed by atoms with Gasteiger partial charge in [0.15, 0.2) is 0 Å². The molecule has 2 nitrogen and oxygen atoms in total. The highest BCUT2D eigenvalue weighted by atomic mass is 16.4. The van der Waals surface area contributed by atoms with Crippen molar-refractivity contribution in [1.82, 2.24) is 0 Å². The fourth-order valence-electron chi connectivity index (χ4n) is 3.12. The summed E-state index contributed by atoms with van der Waals surface area (Å²) >= 11 is 0. The van der Waals surface area contributed by atoms with E-state index in [1.807, 2.05) is 0 Å². The zero-order valence-corrected chi connectivity index (χ0v) is 15.5. The van der Waals surface area contributed by atoms with Gasteiger partial charge in [-0.2, -0.15) is 0 Å². The predicted octanol–water partition coefficient (Wildman–Crippen LogP) is 5.27. The molecule has 2 heteroatoms. The standard InChI is InChI=1S/C20H38O2/c1-6-10-12-17(8-3)14-19(16(5)20(21)22)15-18(9-4)13-11-7-2/h17-18H,6-15H2,1-5H3,(H,21,22)/p-1. The average Bonchev–Trinajstić information content (AvgIpc) is 2.52. The zero-order chi connectivity index (χ0) is 17.0. The summed E-state index contributed by atoms with van der Waals surface area (Å²) < 4.78 is 0. The number of carboxylic acid groups (broad SMARTS) is 1. The molecular weight excluding hydrogens is 272 g/mol. The van der Waals surface area contributed by atoms with Crippen LogP contribution in [0.3, 0.4) is 0 Å². The Morgan fingerprint density at radius 2 is 1.27 bits per heavy atom. The van der Waals surface area contributed by atoms with Gasteiger partial charge in [0.1, 0.15) is 0 Å². The van der Waals surface area contributed by atoms with Crippen molar-refractivity contribution in [3.63, 3.8) is 0 Å². The van der Waals surface area contributed by atoms with Gasteiger partial charge in [0.05, 0.1) is 5.97 Å². The smallest absolute Gasteiger partial charge is 0.0671 e. The monoisotopic (exact) mass is 309 g/mol. The number of aliphatic carboxylic acids is 1. The van der Waals surface area contributed by atoms with E-state index in [1.54, 1.807) is 6.92 Å². The first-order valence-electron chi connectivity index (χ1n) is 9.39. The van der Waals surface area contributed by atoms with Crippen LogP contribution in [0.5, 0.6) is 0 Å². The van der Waals surface area contributed by atoms with E-state index in [9.17, 15) is 9.90 Å². The van der Waals surface area contributed by atoms with Gasteiger partial charge in [-0.15, -0.1) is 0 Å². The first kappa shape index (κ1) is 21.2. The molecule has 0 radical (unpaired) electrons. The second-order valence-electron chi connectivity index (χ2n) is 6.76. The number of unbranched alkanes of at least 4 members (excludes halogenated alkanes) is 2. The van der Waals surface area contributed by atoms with Crippen molar-refractivity contribution in [2.45, 2.75) is 98.8 Å². The van der Waals surface area contributed by atoms with Gasteiger partial charge in [-0.1, -0.05) is 84.6 Å². The average molecular weight is 310 g/mol. The lowest BCUT2D eigenvalue weighted by molar-refractivity contribution is -0.299. The predicted molar refractivity (Wildman–Crippen MR) is 93.6 cm³/mol. The second kappa shape index (κ2) is 12.7. The molecule has 0 amide bonds. The minimum absolute atomic E-state index is 0.491. The lowest BCUT2D eigenvalue weighted by Crippen LogP contribution is -2.25. The highest BCUT2D eigenvalue weighted by molar-refractivity contribution is 5.84. The molecule has 0 aromatic heterocycles. The summed E-state index contributed by atoms with van der Waals surface area (Å²) in [5.74, 6) is 0.256. The van der Waals surface area contributed by atoms with Crippen molar-refractivity contribution < 1.29 is 9.90 Å². The molecule has 0 aliphatic rings. The van der Waals surface area contributed by atoms with E-state index in [-0.39, 0.29) is 0 Å². The summed E-state index contributed by atoms with van der Waals surface area (Å²) in [6.45, 7) is 10.6. The summed E-state index contributed by atoms with van der Waals surface area (Å²) in [6.07, 6.45) is 11.5. The van der Waals surface area contributed by atoms with Crippen LogP contribution in [-0.4, -0.2) is 5.97 Å². The Hall–Kier alpha value is -0.790. The Bertz CT molecular complexity index is 311. The Balaban J connectivity index is 4.97. The van der Waals surface area contributed by atoms with Crippen molar-refractivity contribution in [2.24, 2.45) is 11.8 Å². The Morgan fingerprint density at radius 3 is 1.55 bits per heavy atom. The van der Waals surface area contributed by atoms with E-state index in [4.69, 9.17) is 0 Å². The largest absolute Gasteiger partial charge is 0.545 e. The lowest BCUT2D eigenvalue weighted by Gasteiger charge is -2.23. The molecule has 0 bridgehead atoms. The molecule has 0 rings (SSSR count). The van der Waals surface area contributed by atoms with E-state index in [0.717, 1.165) is 31.3 Å². The Kier molecular flexibility index (Phi) is 12.3. The first-order valence-corrected chi connectivity index (χ1v) is 9.39. The second-order valence-corrected chi connectivity index (χ2v) is 6.76. The molecule has 2 atom stereocenters. The van der Waals surface area contributed by atoms with E-state index in [2.05, 4.69) is 27.7 Å². The van der Waals surface area contributed by atoms with Crippen LogP contribution in [0.15, 0.2) is 11.1 Å². The zero-order valence-electron chi connectivity index (χ0n) is 15.5. The Morgan fingerprint density at radius 1 is 0.864 bits per heavy atom. The van der Waals surface area contributed by atoms with E-state index >= 15 is 0 Å². The quantitative estimate of drug-likeness (QED) is 0.435. The third-order valence-corrected chi connectivity index (χ3v) is 4.99. The normalized spacial score (nSPS) is 13.7. The minimum atomic E-state index is -0.981. The molecule has 0 saturated heterocycles. The van der Waals surface area contributed by atoms with Gasteiger partial charge in [0.25, 0.3) is 0 Å². The van der Waals surface area contributed by atoms with Crippen LogP contribution in [0, 0.1) is 11.8 Å². The lowest BCUT2D eigenvalue weighted by atomic mass is 9.83. The van der Waals surface area contributed by atoms with Gasteiger partial charge < -0.3 is 9.90 Å². The van der Waals surface area contributed by atoms with Crippen molar-refractivity contribution in [3.8, 4) is 0 Å². The maximum Gasteiger partial charge on any atom is 0.0671 e. The molecule has 0 fully saturated rings. The fourth-order valence-corrected chi connectivity index (χ4v) is 3.12. The first-order chi connectivity index (χ1) is 10.5. The summed E-state index contributed by atoms with van der Waals surface area (Å²) in [4.78, 5) is 11.3. The molecule has 0 aliphatic heterocycles. The topological polar surface area (TPSA) is 40.1 Å². The number of carbonyl (C=O) groups excluding carboxylic acids is 1. The van der Waals surface area contributed by atoms with Crippen molar-refractivity contribution in [1.29, 1.82) is 0 Å². The maximum absolute atomic E-state index is 11.3. The van der Waals surface area contributed by atoms with E-state index < -0.39 is 5.97 Å². The van der Waals surface area contributed by atoms with Gasteiger partial charge in [0.2, 0.25) is 0 Å². The van der Waals surface area contributed by atoms with Crippen molar-refractivity contribution in [3.05, 3.63) is 11.1 Å². The number of hydrogen-bond donors (Lipinski definition) is 0. The molecule has 0 saturated carbocycles. The number of allylic oxidation sites excluding steroid dienone is 1. The highest BCUT2D eigenvalue weighted by Crippen LogP contribution is 2.30. The van der Waals surface area contributed by atoms with Gasteiger partial charge in [0, 0.05) is 0 Å². The number of rotatable bonds is 13. The fraction of sp³-hybridized carbons (Fsp3) is 0.850. The number of carbonyl (C=O) groups is 1. The van der Waals surface area contributed by atoms with E-state index in [0.29, 0.717) is 17.4 Å². The summed E-state index contributed by atoms with van der Waals surface area (Å²) in [5.41, 5.74) is 1.64. The van der Waals surface area contributed by atoms with Crippen molar-refractivity contribution >= 4 is 5.97 Å². The van der Waals surface area contributed by atoms with Gasteiger partial charge in [-0.3, -0.25) is 0 Å². The molecule has 0 N–H and O–H groups in total. The molecule has 22 heavy (non-hydrogen) atoms. The number of hydrogen-bond acceptors (Lipinski definition) is 2. The molecule has 0 aliphatic carbocycles. The van der Waals surface area contributed by atoms with Gasteiger partial charge in [-0.05, 0) is 37.2 Å². The van der Waals surface area contributed by atoms with Crippen LogP contribution in [0.2, 0.25) is 0 Å². The molecule has 0 spiro atoms. The van der Waals surface area contributed by atoms with Crippen LogP contribution in [0.1, 0.15) is 98.8 Å². The number of carboxylic acids is 1. The van der Waals surface area contributed by atoms with Crippen LogP contribution >= 0.6 is 0 Å². The highest BCUT2D eigenvalue weighted by Gasteiger charge is 2.16. The third-order valence-electron chi connectivity index (χ3n) is 4.99. The minimum Gasteiger partial charge on any atom is -0.545 e. The molecule has 0 aromatic carbocycles. The summed E-state index contributed by atoms with van der Waals surface area (Å²) in [5, 5.41) is 11.3. The molecule has 2 unspecified atom stereocenters. The van der Waals surface area contributed by atoms with Crippen LogP contribution < -0.4 is 5.11 Å². The van der Waals surface area contributed by atoms with Crippen LogP contribution in [0.25, 0.3) is 0 Å². The van der Waals surface area contributed by atoms with Gasteiger partial charge >= 0.3 is 0 Å². The Labute approximate surface area is 138 Å². The third kappa shape index (κ3) is 8.60. The van der Waals surface area contributed by atoms with Crippen LogP contribution in [-0.2, 0) is 4.79 Å². The summed E-state index contributed by atoms with van der Waals surface area (Å²) in [7, 11) is 0. The van der Waals surface area contributed by atoms with Gasteiger partial charge in [-0.25, -0.2) is 0 Å². The maximum atomic E-state index is 11.3. The molecule has 0 aromatic rings. The molecular formula is C20H37O2-.